The van der Waals surface area contributed by atoms with Crippen molar-refractivity contribution in [2.75, 3.05) is 7.11 Å². The molecule has 5 heteroatoms. The first kappa shape index (κ1) is 10.6. The quantitative estimate of drug-likeness (QED) is 0.372. The van der Waals surface area contributed by atoms with Gasteiger partial charge in [0.15, 0.2) is 0 Å². The van der Waals surface area contributed by atoms with E-state index in [0.717, 1.165) is 0 Å². The number of hydrogen-bond acceptors (Lipinski definition) is 4. The Kier molecular flexibility index (Phi) is 4.67. The monoisotopic (exact) mass is 172 g/mol. The van der Waals surface area contributed by atoms with Crippen LogP contribution in [-0.4, -0.2) is 24.7 Å². The number of methoxy groups -OCH3 is 1. The van der Waals surface area contributed by atoms with Gasteiger partial charge < -0.3 is 4.74 Å². The molecule has 0 radical (unpaired) electrons. The minimum Gasteiger partial charge on any atom is -0.469 e. The van der Waals surface area contributed by atoms with Crippen LogP contribution in [0.4, 0.5) is 0 Å². The first-order valence-corrected chi connectivity index (χ1v) is 3.42. The molecule has 0 heterocycles. The number of ether oxygens (including phenoxy) is 1. The van der Waals surface area contributed by atoms with E-state index in [4.69, 9.17) is 0 Å². The molecule has 1 amide bonds. The van der Waals surface area contributed by atoms with Gasteiger partial charge in [-0.1, -0.05) is 0 Å². The molecule has 0 unspecified atom stereocenters. The van der Waals surface area contributed by atoms with Gasteiger partial charge in [-0.3, -0.25) is 9.59 Å². The fraction of sp³-hybridized carbons (Fsp3) is 0.571. The first-order chi connectivity index (χ1) is 5.56. The van der Waals surface area contributed by atoms with Crippen LogP contribution in [0.25, 0.3) is 0 Å². The SMILES string of the molecule is COC(=O)C/C(C)=N/NC(C)=O. The number of carbonyl (C=O) groups is 2. The van der Waals surface area contributed by atoms with E-state index in [2.05, 4.69) is 15.3 Å². The van der Waals surface area contributed by atoms with Gasteiger partial charge in [0, 0.05) is 12.6 Å². The van der Waals surface area contributed by atoms with E-state index < -0.39 is 0 Å². The zero-order valence-electron chi connectivity index (χ0n) is 7.38. The third kappa shape index (κ3) is 5.40. The largest absolute Gasteiger partial charge is 0.469 e. The normalized spacial score (nSPS) is 10.8. The van der Waals surface area contributed by atoms with Crippen molar-refractivity contribution in [3.05, 3.63) is 0 Å². The highest BCUT2D eigenvalue weighted by Crippen LogP contribution is 1.87. The predicted molar refractivity (Wildman–Crippen MR) is 43.6 cm³/mol. The molecule has 0 aromatic carbocycles. The van der Waals surface area contributed by atoms with Crippen LogP contribution in [0.3, 0.4) is 0 Å². The molecule has 12 heavy (non-hydrogen) atoms. The lowest BCUT2D eigenvalue weighted by atomic mass is 10.3. The summed E-state index contributed by atoms with van der Waals surface area (Å²) in [7, 11) is 1.30. The molecule has 0 aromatic rings. The van der Waals surface area contributed by atoms with Crippen molar-refractivity contribution < 1.29 is 14.3 Å². The van der Waals surface area contributed by atoms with E-state index in [0.29, 0.717) is 5.71 Å². The third-order valence-electron chi connectivity index (χ3n) is 1.03. The highest BCUT2D eigenvalue weighted by atomic mass is 16.5. The summed E-state index contributed by atoms with van der Waals surface area (Å²) in [6.45, 7) is 2.97. The summed E-state index contributed by atoms with van der Waals surface area (Å²) in [5, 5.41) is 3.63. The van der Waals surface area contributed by atoms with Crippen LogP contribution in [0.2, 0.25) is 0 Å². The molecule has 68 valence electrons. The molecule has 0 atom stereocenters. The van der Waals surface area contributed by atoms with Crippen molar-refractivity contribution in [3.8, 4) is 0 Å². The number of amides is 1. The minimum absolute atomic E-state index is 0.0940. The van der Waals surface area contributed by atoms with Crippen molar-refractivity contribution in [2.45, 2.75) is 20.3 Å². The van der Waals surface area contributed by atoms with Gasteiger partial charge in [0.25, 0.3) is 0 Å². The van der Waals surface area contributed by atoms with Gasteiger partial charge in [0.1, 0.15) is 0 Å². The molecule has 0 fully saturated rings. The van der Waals surface area contributed by atoms with E-state index in [1.165, 1.54) is 14.0 Å². The van der Waals surface area contributed by atoms with Crippen LogP contribution >= 0.6 is 0 Å². The van der Waals surface area contributed by atoms with Crippen molar-refractivity contribution in [3.63, 3.8) is 0 Å². The van der Waals surface area contributed by atoms with E-state index in [1.54, 1.807) is 6.92 Å². The molecular weight excluding hydrogens is 160 g/mol. The maximum atomic E-state index is 10.7. The fourth-order valence-electron chi connectivity index (χ4n) is 0.495. The van der Waals surface area contributed by atoms with Gasteiger partial charge in [0.05, 0.1) is 13.5 Å². The van der Waals surface area contributed by atoms with Gasteiger partial charge in [-0.25, -0.2) is 5.43 Å². The number of rotatable bonds is 3. The van der Waals surface area contributed by atoms with Crippen molar-refractivity contribution in [1.29, 1.82) is 0 Å². The number of nitrogens with zero attached hydrogens (tertiary/aromatic N) is 1. The lowest BCUT2D eigenvalue weighted by molar-refractivity contribution is -0.139. The highest BCUT2D eigenvalue weighted by Gasteiger charge is 2.02. The summed E-state index contributed by atoms with van der Waals surface area (Å²) < 4.78 is 4.40. The number of nitrogens with one attached hydrogen (secondary N) is 1. The standard InChI is InChI=1S/C7H12N2O3/c1-5(4-7(11)12-3)8-9-6(2)10/h4H2,1-3H3,(H,9,10)/b8-5+. The summed E-state index contributed by atoms with van der Waals surface area (Å²) in [4.78, 5) is 21.0. The van der Waals surface area contributed by atoms with Crippen molar-refractivity contribution in [1.82, 2.24) is 5.43 Å². The minimum atomic E-state index is -0.374. The molecule has 0 saturated carbocycles. The third-order valence-corrected chi connectivity index (χ3v) is 1.03. The van der Waals surface area contributed by atoms with Crippen LogP contribution < -0.4 is 5.43 Å². The summed E-state index contributed by atoms with van der Waals surface area (Å²) in [5.74, 6) is -0.638. The van der Waals surface area contributed by atoms with Crippen molar-refractivity contribution in [2.24, 2.45) is 5.10 Å². The first-order valence-electron chi connectivity index (χ1n) is 3.42. The summed E-state index contributed by atoms with van der Waals surface area (Å²) in [6, 6.07) is 0. The molecule has 0 spiro atoms. The Morgan fingerprint density at radius 2 is 2.00 bits per heavy atom. The number of carbonyl (C=O) groups excluding carboxylic acids is 2. The number of hydrazone groups is 1. The lowest BCUT2D eigenvalue weighted by Crippen LogP contribution is -2.16. The van der Waals surface area contributed by atoms with Crippen LogP contribution in [0.1, 0.15) is 20.3 Å². The van der Waals surface area contributed by atoms with Crippen LogP contribution in [0.5, 0.6) is 0 Å². The zero-order valence-corrected chi connectivity index (χ0v) is 7.38. The van der Waals surface area contributed by atoms with E-state index in [-0.39, 0.29) is 18.3 Å². The summed E-state index contributed by atoms with van der Waals surface area (Å²) in [6.07, 6.45) is 0.0940. The van der Waals surface area contributed by atoms with E-state index in [9.17, 15) is 9.59 Å². The van der Waals surface area contributed by atoms with Gasteiger partial charge in [-0.05, 0) is 6.92 Å². The summed E-state index contributed by atoms with van der Waals surface area (Å²) >= 11 is 0. The fourth-order valence-corrected chi connectivity index (χ4v) is 0.495. The molecule has 0 aliphatic carbocycles. The average molecular weight is 172 g/mol. The smallest absolute Gasteiger partial charge is 0.311 e. The van der Waals surface area contributed by atoms with E-state index in [1.807, 2.05) is 0 Å². The van der Waals surface area contributed by atoms with Gasteiger partial charge in [-0.15, -0.1) is 0 Å². The molecule has 0 saturated heterocycles. The Morgan fingerprint density at radius 3 is 2.42 bits per heavy atom. The second kappa shape index (κ2) is 5.29. The van der Waals surface area contributed by atoms with Crippen LogP contribution in [0, 0.1) is 0 Å². The van der Waals surface area contributed by atoms with E-state index >= 15 is 0 Å². The molecule has 0 aromatic heterocycles. The maximum Gasteiger partial charge on any atom is 0.311 e. The topological polar surface area (TPSA) is 67.8 Å². The molecule has 5 nitrogen and oxygen atoms in total. The Bertz CT molecular complexity index is 211. The second-order valence-corrected chi connectivity index (χ2v) is 2.27. The Balaban J connectivity index is 3.85. The Labute approximate surface area is 70.8 Å². The molecular formula is C7H12N2O3. The predicted octanol–water partition coefficient (Wildman–Crippen LogP) is 0.0615. The lowest BCUT2D eigenvalue weighted by Gasteiger charge is -1.98. The molecule has 0 aliphatic heterocycles. The Hall–Kier alpha value is -1.39. The summed E-state index contributed by atoms with van der Waals surface area (Å²) in [5.41, 5.74) is 2.73. The second-order valence-electron chi connectivity index (χ2n) is 2.27. The molecule has 0 rings (SSSR count). The van der Waals surface area contributed by atoms with Crippen molar-refractivity contribution >= 4 is 17.6 Å². The molecule has 0 bridgehead atoms. The number of esters is 1. The highest BCUT2D eigenvalue weighted by molar-refractivity contribution is 5.97. The Morgan fingerprint density at radius 1 is 1.42 bits per heavy atom. The van der Waals surface area contributed by atoms with Gasteiger partial charge in [0.2, 0.25) is 5.91 Å². The maximum absolute atomic E-state index is 10.7. The average Bonchev–Trinajstić information content (AvgIpc) is 2.00. The van der Waals surface area contributed by atoms with Gasteiger partial charge in [-0.2, -0.15) is 5.10 Å². The zero-order chi connectivity index (χ0) is 9.56. The van der Waals surface area contributed by atoms with Crippen LogP contribution in [-0.2, 0) is 14.3 Å². The van der Waals surface area contributed by atoms with Crippen LogP contribution in [0.15, 0.2) is 5.10 Å². The molecule has 1 N–H and O–H groups in total. The molecule has 0 aliphatic rings. The van der Waals surface area contributed by atoms with Gasteiger partial charge >= 0.3 is 5.97 Å². The number of hydrogen-bond donors (Lipinski definition) is 1.